The van der Waals surface area contributed by atoms with Gasteiger partial charge in [0.2, 0.25) is 0 Å². The van der Waals surface area contributed by atoms with E-state index < -0.39 is 11.6 Å². The monoisotopic (exact) mass is 536 g/mol. The van der Waals surface area contributed by atoms with Crippen molar-refractivity contribution in [2.75, 3.05) is 20.3 Å². The number of halogens is 2. The largest absolute Gasteiger partial charge is 0.493 e. The summed E-state index contributed by atoms with van der Waals surface area (Å²) in [6, 6.07) is 9.78. The number of fused-ring (bicyclic) bond motifs is 1. The Morgan fingerprint density at radius 1 is 1.27 bits per heavy atom. The van der Waals surface area contributed by atoms with Crippen molar-refractivity contribution in [3.63, 3.8) is 0 Å². The van der Waals surface area contributed by atoms with Crippen molar-refractivity contribution in [2.45, 2.75) is 25.4 Å². The summed E-state index contributed by atoms with van der Waals surface area (Å²) in [6.07, 6.45) is 1.30. The molecule has 3 aromatic rings. The van der Waals surface area contributed by atoms with Crippen molar-refractivity contribution in [3.8, 4) is 22.8 Å². The molecule has 1 fully saturated rings. The van der Waals surface area contributed by atoms with Gasteiger partial charge in [-0.05, 0) is 59.0 Å². The number of carbonyl (C=O) groups is 1. The summed E-state index contributed by atoms with van der Waals surface area (Å²) in [4.78, 5) is 24.2. The molecule has 174 valence electrons. The van der Waals surface area contributed by atoms with E-state index >= 15 is 0 Å². The molecule has 0 saturated heterocycles. The Hall–Kier alpha value is -2.55. The molecule has 2 unspecified atom stereocenters. The summed E-state index contributed by atoms with van der Waals surface area (Å²) >= 11 is 9.73. The number of benzene rings is 2. The van der Waals surface area contributed by atoms with Crippen molar-refractivity contribution >= 4 is 44.5 Å². The van der Waals surface area contributed by atoms with Crippen molar-refractivity contribution in [2.24, 2.45) is 5.92 Å². The fourth-order valence-corrected chi connectivity index (χ4v) is 4.67. The predicted octanol–water partition coefficient (Wildman–Crippen LogP) is 5.53. The van der Waals surface area contributed by atoms with E-state index in [0.29, 0.717) is 49.7 Å². The zero-order chi connectivity index (χ0) is 23.8. The van der Waals surface area contributed by atoms with Gasteiger partial charge in [-0.2, -0.15) is 0 Å². The Kier molecular flexibility index (Phi) is 6.70. The van der Waals surface area contributed by atoms with E-state index in [9.17, 15) is 14.7 Å². The maximum absolute atomic E-state index is 12.6. The summed E-state index contributed by atoms with van der Waals surface area (Å²) in [5.74, 6) is 0.162. The lowest BCUT2D eigenvalue weighted by molar-refractivity contribution is -0.193. The van der Waals surface area contributed by atoms with Crippen LogP contribution in [0.3, 0.4) is 0 Å². The van der Waals surface area contributed by atoms with Gasteiger partial charge in [0.05, 0.1) is 24.1 Å². The van der Waals surface area contributed by atoms with E-state index in [1.807, 2.05) is 6.92 Å². The third kappa shape index (κ3) is 4.35. The van der Waals surface area contributed by atoms with E-state index in [4.69, 9.17) is 30.2 Å². The number of rotatable bonds is 8. The van der Waals surface area contributed by atoms with Crippen LogP contribution in [0.1, 0.15) is 19.8 Å². The molecule has 0 radical (unpaired) electrons. The third-order valence-corrected chi connectivity index (χ3v) is 6.99. The van der Waals surface area contributed by atoms with Gasteiger partial charge in [0.1, 0.15) is 12.4 Å². The minimum Gasteiger partial charge on any atom is -0.493 e. The number of carboxylic acid groups (broad SMARTS) is 1. The number of para-hydroxylation sites is 1. The predicted molar refractivity (Wildman–Crippen MR) is 127 cm³/mol. The van der Waals surface area contributed by atoms with Crippen LogP contribution in [0.15, 0.2) is 50.1 Å². The number of ether oxygens (including phenoxy) is 3. The first-order valence-corrected chi connectivity index (χ1v) is 11.5. The first kappa shape index (κ1) is 23.6. The molecular weight excluding hydrogens is 516 g/mol. The maximum atomic E-state index is 12.6. The zero-order valence-corrected chi connectivity index (χ0v) is 20.4. The van der Waals surface area contributed by atoms with E-state index in [0.717, 1.165) is 6.42 Å². The minimum absolute atomic E-state index is 0.0496. The molecule has 1 aliphatic rings. The summed E-state index contributed by atoms with van der Waals surface area (Å²) in [5.41, 5.74) is -0.499. The van der Waals surface area contributed by atoms with Crippen molar-refractivity contribution in [1.82, 2.24) is 0 Å². The third-order valence-electron chi connectivity index (χ3n) is 6.03. The van der Waals surface area contributed by atoms with Crippen LogP contribution < -0.4 is 14.9 Å². The highest BCUT2D eigenvalue weighted by molar-refractivity contribution is 9.10. The maximum Gasteiger partial charge on any atom is 0.336 e. The first-order valence-electron chi connectivity index (χ1n) is 10.4. The molecule has 7 nitrogen and oxygen atoms in total. The first-order chi connectivity index (χ1) is 15.8. The summed E-state index contributed by atoms with van der Waals surface area (Å²) in [6.45, 7) is 2.09. The molecule has 1 aliphatic carbocycles. The summed E-state index contributed by atoms with van der Waals surface area (Å²) < 4.78 is 23.6. The number of methoxy groups -OCH3 is 1. The molecule has 1 aromatic heterocycles. The van der Waals surface area contributed by atoms with Crippen LogP contribution >= 0.6 is 27.5 Å². The molecule has 2 aromatic carbocycles. The topological polar surface area (TPSA) is 95.2 Å². The number of aliphatic carboxylic acids is 1. The van der Waals surface area contributed by atoms with Crippen LogP contribution in [-0.4, -0.2) is 37.0 Å². The molecule has 0 bridgehead atoms. The van der Waals surface area contributed by atoms with Crippen LogP contribution in [0.2, 0.25) is 5.02 Å². The Labute approximate surface area is 203 Å². The number of carboxylic acids is 1. The molecule has 1 heterocycles. The normalized spacial score (nSPS) is 19.8. The van der Waals surface area contributed by atoms with Gasteiger partial charge in [-0.25, -0.2) is 4.79 Å². The minimum atomic E-state index is -1.15. The molecule has 33 heavy (non-hydrogen) atoms. The van der Waals surface area contributed by atoms with E-state index in [-0.39, 0.29) is 24.6 Å². The molecule has 0 aliphatic heterocycles. The standard InChI is InChI=1S/C24H22BrClO7/c1-13-6-7-24(13,23(28)29)32-9-8-31-21-10-15(16(25)11-20(21)30-2)19-12-18(27)14-4-3-5-17(26)22(14)33-19/h3-5,10-13H,6-9H2,1-2H3,(H,28,29). The highest BCUT2D eigenvalue weighted by Crippen LogP contribution is 2.42. The quantitative estimate of drug-likeness (QED) is 0.377. The van der Waals surface area contributed by atoms with E-state index in [1.165, 1.54) is 13.2 Å². The fraction of sp³-hybridized carbons (Fsp3) is 0.333. The van der Waals surface area contributed by atoms with Gasteiger partial charge in [-0.1, -0.05) is 24.6 Å². The number of hydrogen-bond donors (Lipinski definition) is 1. The molecular formula is C24H22BrClO7. The Morgan fingerprint density at radius 2 is 2.06 bits per heavy atom. The van der Waals surface area contributed by atoms with Crippen LogP contribution in [0.4, 0.5) is 0 Å². The highest BCUT2D eigenvalue weighted by atomic mass is 79.9. The van der Waals surface area contributed by atoms with Gasteiger partial charge in [-0.3, -0.25) is 4.79 Å². The molecule has 4 rings (SSSR count). The van der Waals surface area contributed by atoms with Gasteiger partial charge in [0.15, 0.2) is 28.1 Å². The highest BCUT2D eigenvalue weighted by Gasteiger charge is 2.52. The lowest BCUT2D eigenvalue weighted by atomic mass is 9.70. The average Bonchev–Trinajstić information content (AvgIpc) is 2.78. The average molecular weight is 538 g/mol. The van der Waals surface area contributed by atoms with Gasteiger partial charge < -0.3 is 23.7 Å². The molecule has 0 spiro atoms. The summed E-state index contributed by atoms with van der Waals surface area (Å²) in [7, 11) is 1.51. The Balaban J connectivity index is 1.59. The van der Waals surface area contributed by atoms with Crippen LogP contribution in [0.25, 0.3) is 22.3 Å². The molecule has 1 saturated carbocycles. The SMILES string of the molecule is COc1cc(Br)c(-c2cc(=O)c3cccc(Cl)c3o2)cc1OCCOC1(C(=O)O)CCC1C. The second-order valence-electron chi connectivity index (χ2n) is 7.91. The smallest absolute Gasteiger partial charge is 0.336 e. The summed E-state index contributed by atoms with van der Waals surface area (Å²) in [5, 5.41) is 10.3. The second-order valence-corrected chi connectivity index (χ2v) is 9.17. The molecule has 0 amide bonds. The van der Waals surface area contributed by atoms with Crippen molar-refractivity contribution in [1.29, 1.82) is 0 Å². The van der Waals surface area contributed by atoms with Gasteiger partial charge in [-0.15, -0.1) is 0 Å². The Morgan fingerprint density at radius 3 is 2.70 bits per heavy atom. The van der Waals surface area contributed by atoms with Crippen molar-refractivity contribution < 1.29 is 28.5 Å². The molecule has 2 atom stereocenters. The second kappa shape index (κ2) is 9.37. The number of hydrogen-bond acceptors (Lipinski definition) is 6. The van der Waals surface area contributed by atoms with Crippen LogP contribution in [0, 0.1) is 5.92 Å². The fourth-order valence-electron chi connectivity index (χ4n) is 3.94. The van der Waals surface area contributed by atoms with Gasteiger partial charge in [0.25, 0.3) is 0 Å². The van der Waals surface area contributed by atoms with Crippen LogP contribution in [-0.2, 0) is 9.53 Å². The molecule has 1 N–H and O–H groups in total. The molecule has 9 heteroatoms. The van der Waals surface area contributed by atoms with E-state index in [2.05, 4.69) is 15.9 Å². The lowest BCUT2D eigenvalue weighted by Crippen LogP contribution is -2.55. The Bertz CT molecular complexity index is 1270. The van der Waals surface area contributed by atoms with Crippen LogP contribution in [0.5, 0.6) is 11.5 Å². The van der Waals surface area contributed by atoms with Gasteiger partial charge >= 0.3 is 5.97 Å². The van der Waals surface area contributed by atoms with E-state index in [1.54, 1.807) is 30.3 Å². The van der Waals surface area contributed by atoms with Gasteiger partial charge in [0, 0.05) is 16.1 Å². The zero-order valence-electron chi connectivity index (χ0n) is 18.0. The lowest BCUT2D eigenvalue weighted by Gasteiger charge is -2.43. The van der Waals surface area contributed by atoms with Crippen molar-refractivity contribution in [3.05, 3.63) is 56.1 Å².